The summed E-state index contributed by atoms with van der Waals surface area (Å²) >= 11 is 0. The van der Waals surface area contributed by atoms with Crippen LogP contribution >= 0.6 is 0 Å². The number of hydrogen-bond acceptors (Lipinski definition) is 6. The number of carbonyl (C=O) groups is 3. The lowest BCUT2D eigenvalue weighted by Crippen LogP contribution is -2.39. The van der Waals surface area contributed by atoms with Crippen molar-refractivity contribution in [1.29, 1.82) is 0 Å². The minimum Gasteiger partial charge on any atom is -0.453 e. The maximum absolute atomic E-state index is 13.5. The fourth-order valence-corrected chi connectivity index (χ4v) is 5.28. The Labute approximate surface area is 253 Å². The smallest absolute Gasteiger partial charge is 0.411 e. The van der Waals surface area contributed by atoms with Gasteiger partial charge in [-0.3, -0.25) is 15.1 Å². The Balaban J connectivity index is 1.42. The lowest BCUT2D eigenvalue weighted by Gasteiger charge is -2.30. The van der Waals surface area contributed by atoms with E-state index in [2.05, 4.69) is 43.9 Å². The number of carbonyl (C=O) groups excluding carboxylic acids is 3. The molecule has 1 unspecified atom stereocenters. The molecule has 228 valence electrons. The van der Waals surface area contributed by atoms with E-state index < -0.39 is 17.8 Å². The van der Waals surface area contributed by atoms with Gasteiger partial charge in [0.15, 0.2) is 0 Å². The normalized spacial score (nSPS) is 17.3. The number of methoxy groups -OCH3 is 1. The topological polar surface area (TPSA) is 119 Å². The lowest BCUT2D eigenvalue weighted by molar-refractivity contribution is -0.127. The molecular formula is C34H42N4O5. The highest BCUT2D eigenvalue weighted by molar-refractivity contribution is 5.85. The van der Waals surface area contributed by atoms with Crippen LogP contribution in [0.2, 0.25) is 0 Å². The number of amides is 3. The van der Waals surface area contributed by atoms with Gasteiger partial charge >= 0.3 is 12.2 Å². The molecule has 3 amide bonds. The number of rotatable bonds is 9. The van der Waals surface area contributed by atoms with E-state index in [4.69, 9.17) is 4.74 Å². The average molecular weight is 587 g/mol. The van der Waals surface area contributed by atoms with Crippen molar-refractivity contribution in [2.45, 2.75) is 64.5 Å². The van der Waals surface area contributed by atoms with E-state index >= 15 is 0 Å². The van der Waals surface area contributed by atoms with Gasteiger partial charge in [0, 0.05) is 36.1 Å². The molecule has 4 rings (SSSR count). The summed E-state index contributed by atoms with van der Waals surface area (Å²) in [5, 5.41) is 8.86. The molecule has 1 saturated carbocycles. The third kappa shape index (κ3) is 9.84. The Kier molecular flexibility index (Phi) is 10.8. The van der Waals surface area contributed by atoms with Crippen molar-refractivity contribution in [2.75, 3.05) is 19.0 Å². The summed E-state index contributed by atoms with van der Waals surface area (Å²) in [6, 6.07) is 19.3. The van der Waals surface area contributed by atoms with Crippen molar-refractivity contribution >= 4 is 23.8 Å². The molecule has 9 heteroatoms. The van der Waals surface area contributed by atoms with Crippen LogP contribution in [0.3, 0.4) is 0 Å². The summed E-state index contributed by atoms with van der Waals surface area (Å²) in [5.41, 5.74) is 3.98. The van der Waals surface area contributed by atoms with Crippen molar-refractivity contribution in [3.05, 3.63) is 84.2 Å². The van der Waals surface area contributed by atoms with Crippen LogP contribution in [0.25, 0.3) is 11.1 Å². The summed E-state index contributed by atoms with van der Waals surface area (Å²) in [6.45, 7) is 6.09. The summed E-state index contributed by atoms with van der Waals surface area (Å²) in [6.07, 6.45) is 6.59. The molecule has 1 aromatic heterocycles. The van der Waals surface area contributed by atoms with Gasteiger partial charge in [-0.25, -0.2) is 9.59 Å². The van der Waals surface area contributed by atoms with Crippen LogP contribution in [0.1, 0.15) is 63.6 Å². The van der Waals surface area contributed by atoms with Gasteiger partial charge in [0.05, 0.1) is 13.2 Å². The number of benzene rings is 2. The zero-order valence-corrected chi connectivity index (χ0v) is 25.4. The monoisotopic (exact) mass is 586 g/mol. The molecule has 3 aromatic rings. The van der Waals surface area contributed by atoms with Gasteiger partial charge in [-0.1, -0.05) is 42.5 Å². The fraction of sp³-hybridized carbons (Fsp3) is 0.412. The first-order valence-corrected chi connectivity index (χ1v) is 14.8. The van der Waals surface area contributed by atoms with Crippen LogP contribution < -0.4 is 16.0 Å². The van der Waals surface area contributed by atoms with Gasteiger partial charge in [0.1, 0.15) is 5.60 Å². The average Bonchev–Trinajstić information content (AvgIpc) is 3.00. The first-order valence-electron chi connectivity index (χ1n) is 14.8. The Hall–Kier alpha value is -4.40. The van der Waals surface area contributed by atoms with Crippen LogP contribution in [0, 0.1) is 11.8 Å². The predicted octanol–water partition coefficient (Wildman–Crippen LogP) is 6.66. The van der Waals surface area contributed by atoms with E-state index in [1.165, 1.54) is 7.11 Å². The third-order valence-corrected chi connectivity index (χ3v) is 7.56. The summed E-state index contributed by atoms with van der Waals surface area (Å²) < 4.78 is 10.0. The van der Waals surface area contributed by atoms with Crippen LogP contribution in [0.4, 0.5) is 15.3 Å². The maximum atomic E-state index is 13.5. The number of nitrogens with zero attached hydrogens (tertiary/aromatic N) is 1. The van der Waals surface area contributed by atoms with E-state index in [0.717, 1.165) is 47.9 Å². The van der Waals surface area contributed by atoms with E-state index in [0.29, 0.717) is 24.6 Å². The maximum Gasteiger partial charge on any atom is 0.411 e. The van der Waals surface area contributed by atoms with Gasteiger partial charge in [0.2, 0.25) is 5.91 Å². The van der Waals surface area contributed by atoms with Crippen molar-refractivity contribution in [1.82, 2.24) is 15.6 Å². The van der Waals surface area contributed by atoms with E-state index in [9.17, 15) is 14.4 Å². The lowest BCUT2D eigenvalue weighted by atomic mass is 9.81. The van der Waals surface area contributed by atoms with Crippen LogP contribution in [-0.4, -0.2) is 42.3 Å². The molecule has 0 saturated heterocycles. The van der Waals surface area contributed by atoms with E-state index in [1.54, 1.807) is 6.20 Å². The van der Waals surface area contributed by atoms with Crippen molar-refractivity contribution < 1.29 is 23.9 Å². The summed E-state index contributed by atoms with van der Waals surface area (Å²) in [4.78, 5) is 41.6. The molecule has 0 spiro atoms. The Morgan fingerprint density at radius 1 is 0.907 bits per heavy atom. The zero-order valence-electron chi connectivity index (χ0n) is 25.4. The second-order valence-electron chi connectivity index (χ2n) is 12.1. The second-order valence-corrected chi connectivity index (χ2v) is 12.1. The molecule has 9 nitrogen and oxygen atoms in total. The Morgan fingerprint density at radius 2 is 1.60 bits per heavy atom. The standard InChI is InChI=1S/C34H42N4O5/c1-34(2,3)43-32(40)36-20-24-10-12-26(13-11-24)31(39)38-30(18-23-8-6-5-7-9-23)28-19-27(21-35-22-28)25-14-16-29(17-15-25)37-33(41)42-4/h5-9,14-17,19,21-22,24,26,30H,10-13,18,20H2,1-4H3,(H,36,40)(H,37,41)(H,38,39). The quantitative estimate of drug-likeness (QED) is 0.258. The summed E-state index contributed by atoms with van der Waals surface area (Å²) in [5.74, 6) is 0.289. The number of nitrogens with one attached hydrogen (secondary N) is 3. The molecule has 1 aliphatic rings. The van der Waals surface area contributed by atoms with Gasteiger partial charge < -0.3 is 20.1 Å². The molecule has 2 aromatic carbocycles. The second kappa shape index (κ2) is 14.7. The molecule has 0 bridgehead atoms. The Morgan fingerprint density at radius 3 is 2.26 bits per heavy atom. The first kappa shape index (κ1) is 31.5. The number of aromatic nitrogens is 1. The molecule has 1 fully saturated rings. The SMILES string of the molecule is COC(=O)Nc1ccc(-c2cncc(C(Cc3ccccc3)NC(=O)C3CCC(CNC(=O)OC(C)(C)C)CC3)c2)cc1. The van der Waals surface area contributed by atoms with Crippen molar-refractivity contribution in [3.63, 3.8) is 0 Å². The minimum absolute atomic E-state index is 0.0446. The zero-order chi connectivity index (χ0) is 30.8. The Bertz CT molecular complexity index is 1360. The van der Waals surface area contributed by atoms with E-state index in [-0.39, 0.29) is 17.9 Å². The molecule has 1 heterocycles. The van der Waals surface area contributed by atoms with Gasteiger partial charge in [-0.2, -0.15) is 0 Å². The molecule has 1 atom stereocenters. The number of ether oxygens (including phenoxy) is 2. The number of hydrogen-bond donors (Lipinski definition) is 3. The fourth-order valence-electron chi connectivity index (χ4n) is 5.28. The van der Waals surface area contributed by atoms with Crippen molar-refractivity contribution in [3.8, 4) is 11.1 Å². The van der Waals surface area contributed by atoms with Gasteiger partial charge in [0.25, 0.3) is 0 Å². The van der Waals surface area contributed by atoms with Crippen molar-refractivity contribution in [2.24, 2.45) is 11.8 Å². The molecule has 43 heavy (non-hydrogen) atoms. The van der Waals surface area contributed by atoms with Crippen LogP contribution in [0.15, 0.2) is 73.1 Å². The third-order valence-electron chi connectivity index (χ3n) is 7.56. The highest BCUT2D eigenvalue weighted by Crippen LogP contribution is 2.31. The predicted molar refractivity (Wildman–Crippen MR) is 166 cm³/mol. The summed E-state index contributed by atoms with van der Waals surface area (Å²) in [7, 11) is 1.32. The molecule has 3 N–H and O–H groups in total. The van der Waals surface area contributed by atoms with Gasteiger partial charge in [-0.15, -0.1) is 0 Å². The number of alkyl carbamates (subject to hydrolysis) is 1. The number of pyridine rings is 1. The minimum atomic E-state index is -0.529. The molecule has 0 aliphatic heterocycles. The highest BCUT2D eigenvalue weighted by Gasteiger charge is 2.29. The largest absolute Gasteiger partial charge is 0.453 e. The first-order chi connectivity index (χ1) is 20.6. The number of anilines is 1. The van der Waals surface area contributed by atoms with Crippen LogP contribution in [-0.2, 0) is 20.7 Å². The molecular weight excluding hydrogens is 544 g/mol. The highest BCUT2D eigenvalue weighted by atomic mass is 16.6. The molecule has 1 aliphatic carbocycles. The van der Waals surface area contributed by atoms with Crippen LogP contribution in [0.5, 0.6) is 0 Å². The van der Waals surface area contributed by atoms with E-state index in [1.807, 2.05) is 69.4 Å². The van der Waals surface area contributed by atoms with Gasteiger partial charge in [-0.05, 0) is 93.7 Å². The molecule has 0 radical (unpaired) electrons.